The van der Waals surface area contributed by atoms with Crippen molar-refractivity contribution in [3.05, 3.63) is 22.7 Å². The molecule has 1 unspecified atom stereocenters. The van der Waals surface area contributed by atoms with Crippen LogP contribution in [0.3, 0.4) is 0 Å². The van der Waals surface area contributed by atoms with Crippen molar-refractivity contribution in [2.24, 2.45) is 0 Å². The SMILES string of the molecule is CC1(C)CC(Nc2ccc(OC(F)(F)F)c(Br)c2)CCO1. The fourth-order valence-electron chi connectivity index (χ4n) is 2.39. The fourth-order valence-corrected chi connectivity index (χ4v) is 2.85. The fraction of sp³-hybridized carbons (Fsp3) is 0.571. The normalized spacial score (nSPS) is 21.9. The molecule has 1 heterocycles. The monoisotopic (exact) mass is 367 g/mol. The first-order valence-electron chi connectivity index (χ1n) is 6.60. The lowest BCUT2D eigenvalue weighted by molar-refractivity contribution is -0.274. The van der Waals surface area contributed by atoms with Gasteiger partial charge in [-0.3, -0.25) is 0 Å². The maximum atomic E-state index is 12.2. The largest absolute Gasteiger partial charge is 0.573 e. The first-order valence-corrected chi connectivity index (χ1v) is 7.40. The number of alkyl halides is 3. The van der Waals surface area contributed by atoms with Crippen molar-refractivity contribution in [2.75, 3.05) is 11.9 Å². The Labute approximate surface area is 129 Å². The lowest BCUT2D eigenvalue weighted by Gasteiger charge is -2.36. The number of anilines is 1. The molecule has 1 saturated heterocycles. The quantitative estimate of drug-likeness (QED) is 0.838. The van der Waals surface area contributed by atoms with Gasteiger partial charge in [0.05, 0.1) is 10.1 Å². The van der Waals surface area contributed by atoms with Crippen LogP contribution >= 0.6 is 15.9 Å². The van der Waals surface area contributed by atoms with E-state index < -0.39 is 6.36 Å². The molecule has 0 bridgehead atoms. The molecule has 1 fully saturated rings. The lowest BCUT2D eigenvalue weighted by atomic mass is 9.94. The van der Waals surface area contributed by atoms with Gasteiger partial charge < -0.3 is 14.8 Å². The topological polar surface area (TPSA) is 30.5 Å². The molecule has 1 aromatic rings. The summed E-state index contributed by atoms with van der Waals surface area (Å²) in [4.78, 5) is 0. The molecule has 0 aromatic heterocycles. The second kappa shape index (κ2) is 6.04. The van der Waals surface area contributed by atoms with Gasteiger partial charge >= 0.3 is 6.36 Å². The van der Waals surface area contributed by atoms with Crippen LogP contribution < -0.4 is 10.1 Å². The molecule has 21 heavy (non-hydrogen) atoms. The van der Waals surface area contributed by atoms with Gasteiger partial charge in [-0.05, 0) is 60.8 Å². The highest BCUT2D eigenvalue weighted by molar-refractivity contribution is 9.10. The van der Waals surface area contributed by atoms with Gasteiger partial charge in [-0.15, -0.1) is 13.2 Å². The van der Waals surface area contributed by atoms with Crippen LogP contribution in [-0.2, 0) is 4.74 Å². The summed E-state index contributed by atoms with van der Waals surface area (Å²) < 4.78 is 46.4. The van der Waals surface area contributed by atoms with E-state index in [0.717, 1.165) is 18.5 Å². The van der Waals surface area contributed by atoms with E-state index in [1.165, 1.54) is 6.07 Å². The van der Waals surface area contributed by atoms with Crippen LogP contribution in [0.4, 0.5) is 18.9 Å². The minimum absolute atomic E-state index is 0.188. The predicted octanol–water partition coefficient (Wildman–Crippen LogP) is 4.72. The van der Waals surface area contributed by atoms with Crippen LogP contribution in [0.1, 0.15) is 26.7 Å². The molecule has 1 aromatic carbocycles. The van der Waals surface area contributed by atoms with Crippen molar-refractivity contribution in [2.45, 2.75) is 44.7 Å². The van der Waals surface area contributed by atoms with Gasteiger partial charge in [0, 0.05) is 18.3 Å². The van der Waals surface area contributed by atoms with Gasteiger partial charge in [0.2, 0.25) is 0 Å². The van der Waals surface area contributed by atoms with Crippen molar-refractivity contribution in [3.8, 4) is 5.75 Å². The third-order valence-electron chi connectivity index (χ3n) is 3.23. The van der Waals surface area contributed by atoms with Gasteiger partial charge in [0.25, 0.3) is 0 Å². The van der Waals surface area contributed by atoms with Crippen LogP contribution in [0.25, 0.3) is 0 Å². The molecule has 0 radical (unpaired) electrons. The molecule has 1 atom stereocenters. The molecule has 7 heteroatoms. The summed E-state index contributed by atoms with van der Waals surface area (Å²) in [7, 11) is 0. The molecule has 2 rings (SSSR count). The summed E-state index contributed by atoms with van der Waals surface area (Å²) in [5, 5.41) is 3.32. The van der Waals surface area contributed by atoms with Gasteiger partial charge in [-0.1, -0.05) is 0 Å². The zero-order chi connectivity index (χ0) is 15.7. The lowest BCUT2D eigenvalue weighted by Crippen LogP contribution is -2.40. The van der Waals surface area contributed by atoms with Crippen LogP contribution in [0.5, 0.6) is 5.75 Å². The predicted molar refractivity (Wildman–Crippen MR) is 77.5 cm³/mol. The number of benzene rings is 1. The summed E-state index contributed by atoms with van der Waals surface area (Å²) in [6, 6.07) is 4.69. The van der Waals surface area contributed by atoms with E-state index >= 15 is 0 Å². The van der Waals surface area contributed by atoms with Gasteiger partial charge in [-0.25, -0.2) is 0 Å². The standard InChI is InChI=1S/C14H17BrF3NO2/c1-13(2)8-10(5-6-20-13)19-9-3-4-12(11(15)7-9)21-14(16,17)18/h3-4,7,10,19H,5-6,8H2,1-2H3. The van der Waals surface area contributed by atoms with Crippen LogP contribution in [0.2, 0.25) is 0 Å². The van der Waals surface area contributed by atoms with E-state index in [1.54, 1.807) is 12.1 Å². The van der Waals surface area contributed by atoms with Crippen LogP contribution in [0, 0.1) is 0 Å². The van der Waals surface area contributed by atoms with Crippen molar-refractivity contribution < 1.29 is 22.6 Å². The second-order valence-electron chi connectivity index (χ2n) is 5.64. The number of nitrogens with one attached hydrogen (secondary N) is 1. The average molecular weight is 368 g/mol. The zero-order valence-electron chi connectivity index (χ0n) is 11.8. The smallest absolute Gasteiger partial charge is 0.405 e. The molecule has 0 amide bonds. The Kier molecular flexibility index (Phi) is 4.72. The summed E-state index contributed by atoms with van der Waals surface area (Å²) >= 11 is 3.10. The molecule has 3 nitrogen and oxygen atoms in total. The van der Waals surface area contributed by atoms with Crippen molar-refractivity contribution >= 4 is 21.6 Å². The summed E-state index contributed by atoms with van der Waals surface area (Å²) in [6.07, 6.45) is -2.99. The Morgan fingerprint density at radius 2 is 2.10 bits per heavy atom. The molecule has 1 aliphatic rings. The summed E-state index contributed by atoms with van der Waals surface area (Å²) in [6.45, 7) is 4.72. The second-order valence-corrected chi connectivity index (χ2v) is 6.49. The van der Waals surface area contributed by atoms with Crippen LogP contribution in [0.15, 0.2) is 22.7 Å². The Hall–Kier alpha value is -0.950. The minimum atomic E-state index is -4.69. The number of ether oxygens (including phenoxy) is 2. The number of hydrogen-bond acceptors (Lipinski definition) is 3. The van der Waals surface area contributed by atoms with Gasteiger partial charge in [0.15, 0.2) is 0 Å². The molecule has 118 valence electrons. The number of rotatable bonds is 3. The van der Waals surface area contributed by atoms with E-state index in [0.29, 0.717) is 6.61 Å². The van der Waals surface area contributed by atoms with Crippen molar-refractivity contribution in [3.63, 3.8) is 0 Å². The average Bonchev–Trinajstić information content (AvgIpc) is 2.30. The number of halogens is 4. The Bertz CT molecular complexity index is 505. The first-order chi connectivity index (χ1) is 9.65. The highest BCUT2D eigenvalue weighted by Crippen LogP contribution is 2.33. The van der Waals surface area contributed by atoms with E-state index in [-0.39, 0.29) is 21.9 Å². The van der Waals surface area contributed by atoms with E-state index in [1.807, 2.05) is 13.8 Å². The van der Waals surface area contributed by atoms with E-state index in [4.69, 9.17) is 4.74 Å². The first kappa shape index (κ1) is 16.4. The van der Waals surface area contributed by atoms with Crippen molar-refractivity contribution in [1.29, 1.82) is 0 Å². The molecule has 0 aliphatic carbocycles. The maximum absolute atomic E-state index is 12.2. The zero-order valence-corrected chi connectivity index (χ0v) is 13.3. The van der Waals surface area contributed by atoms with E-state index in [2.05, 4.69) is 26.0 Å². The summed E-state index contributed by atoms with van der Waals surface area (Å²) in [5.74, 6) is -0.250. The molecule has 1 aliphatic heterocycles. The molecule has 1 N–H and O–H groups in total. The summed E-state index contributed by atoms with van der Waals surface area (Å²) in [5.41, 5.74) is 0.561. The molecular formula is C14H17BrF3NO2. The molecular weight excluding hydrogens is 351 g/mol. The third kappa shape index (κ3) is 5.07. The van der Waals surface area contributed by atoms with Gasteiger partial charge in [0.1, 0.15) is 5.75 Å². The Morgan fingerprint density at radius 3 is 2.67 bits per heavy atom. The molecule has 0 spiro atoms. The highest BCUT2D eigenvalue weighted by Gasteiger charge is 2.32. The minimum Gasteiger partial charge on any atom is -0.405 e. The van der Waals surface area contributed by atoms with Crippen molar-refractivity contribution in [1.82, 2.24) is 0 Å². The Morgan fingerprint density at radius 1 is 1.38 bits per heavy atom. The Balaban J connectivity index is 2.03. The number of hydrogen-bond donors (Lipinski definition) is 1. The highest BCUT2D eigenvalue weighted by atomic mass is 79.9. The van der Waals surface area contributed by atoms with E-state index in [9.17, 15) is 13.2 Å². The molecule has 0 saturated carbocycles. The van der Waals surface area contributed by atoms with Crippen LogP contribution in [-0.4, -0.2) is 24.6 Å². The third-order valence-corrected chi connectivity index (χ3v) is 3.85. The van der Waals surface area contributed by atoms with Gasteiger partial charge in [-0.2, -0.15) is 0 Å². The maximum Gasteiger partial charge on any atom is 0.573 e.